The predicted octanol–water partition coefficient (Wildman–Crippen LogP) is 4.14. The van der Waals surface area contributed by atoms with Gasteiger partial charge in [-0.15, -0.1) is 0 Å². The van der Waals surface area contributed by atoms with Crippen molar-refractivity contribution in [3.8, 4) is 0 Å². The van der Waals surface area contributed by atoms with Crippen molar-refractivity contribution in [2.24, 2.45) is 17.8 Å². The third kappa shape index (κ3) is 3.42. The Bertz CT molecular complexity index is 550. The van der Waals surface area contributed by atoms with Crippen molar-refractivity contribution >= 4 is 8.32 Å². The highest BCUT2D eigenvalue weighted by Crippen LogP contribution is 2.49. The summed E-state index contributed by atoms with van der Waals surface area (Å²) in [5, 5.41) is 0.179. The normalized spacial score (nSPS) is 38.6. The Morgan fingerprint density at radius 2 is 1.96 bits per heavy atom. The molecule has 0 aromatic rings. The molecule has 3 heterocycles. The summed E-state index contributed by atoms with van der Waals surface area (Å²) >= 11 is 0. The Hall–Kier alpha value is -0.463. The van der Waals surface area contributed by atoms with Gasteiger partial charge in [0.15, 0.2) is 14.6 Å². The fraction of sp³-hybridized carbons (Fsp3) is 0.800. The minimum absolute atomic E-state index is 0.0158. The topological polar surface area (TPSA) is 36.9 Å². The summed E-state index contributed by atoms with van der Waals surface area (Å²) in [5.74, 6) is 0.857. The third-order valence-electron chi connectivity index (χ3n) is 6.64. The lowest BCUT2D eigenvalue weighted by Gasteiger charge is -2.43. The molecule has 142 valence electrons. The van der Waals surface area contributed by atoms with E-state index in [1.807, 2.05) is 0 Å². The maximum absolute atomic E-state index is 6.43. The van der Waals surface area contributed by atoms with Gasteiger partial charge in [0.05, 0.1) is 25.9 Å². The van der Waals surface area contributed by atoms with Crippen molar-refractivity contribution < 1.29 is 18.6 Å². The van der Waals surface area contributed by atoms with Crippen LogP contribution in [0.15, 0.2) is 24.3 Å². The summed E-state index contributed by atoms with van der Waals surface area (Å²) in [5.41, 5.74) is 2.32. The fourth-order valence-corrected chi connectivity index (χ4v) is 5.00. The van der Waals surface area contributed by atoms with Crippen LogP contribution in [0.25, 0.3) is 0 Å². The Kier molecular flexibility index (Phi) is 5.10. The van der Waals surface area contributed by atoms with Gasteiger partial charge in [-0.1, -0.05) is 39.5 Å². The van der Waals surface area contributed by atoms with Gasteiger partial charge in [-0.3, -0.25) is 0 Å². The van der Waals surface area contributed by atoms with E-state index in [0.29, 0.717) is 25.7 Å². The minimum Gasteiger partial charge on any atom is -0.414 e. The van der Waals surface area contributed by atoms with Gasteiger partial charge in [-0.2, -0.15) is 0 Å². The van der Waals surface area contributed by atoms with Crippen molar-refractivity contribution in [2.75, 3.05) is 19.8 Å². The molecule has 0 aromatic heterocycles. The molecule has 3 saturated heterocycles. The Labute approximate surface area is 153 Å². The molecule has 0 saturated carbocycles. The smallest absolute Gasteiger partial charge is 0.192 e. The molecule has 0 aliphatic carbocycles. The molecule has 0 unspecified atom stereocenters. The van der Waals surface area contributed by atoms with Crippen LogP contribution < -0.4 is 0 Å². The number of hydrogen-bond acceptors (Lipinski definition) is 4. The van der Waals surface area contributed by atoms with Crippen LogP contribution in [-0.4, -0.2) is 46.6 Å². The number of ether oxygens (including phenoxy) is 3. The number of fused-ring (bicyclic) bond motifs is 3. The first-order valence-electron chi connectivity index (χ1n) is 9.38. The second-order valence-corrected chi connectivity index (χ2v) is 14.2. The highest BCUT2D eigenvalue weighted by Gasteiger charge is 2.56. The maximum Gasteiger partial charge on any atom is 0.192 e. The summed E-state index contributed by atoms with van der Waals surface area (Å²) in [7, 11) is -1.83. The lowest BCUT2D eigenvalue weighted by Crippen LogP contribution is -2.53. The predicted molar refractivity (Wildman–Crippen MR) is 102 cm³/mol. The zero-order chi connectivity index (χ0) is 18.6. The van der Waals surface area contributed by atoms with Crippen molar-refractivity contribution in [1.29, 1.82) is 0 Å². The Morgan fingerprint density at radius 1 is 1.28 bits per heavy atom. The molecule has 0 spiro atoms. The summed E-state index contributed by atoms with van der Waals surface area (Å²) in [6.45, 7) is 23.7. The average molecular weight is 367 g/mol. The lowest BCUT2D eigenvalue weighted by atomic mass is 9.72. The largest absolute Gasteiger partial charge is 0.414 e. The first kappa shape index (κ1) is 19.3. The minimum atomic E-state index is -1.83. The van der Waals surface area contributed by atoms with Crippen LogP contribution in [0.1, 0.15) is 27.7 Å². The van der Waals surface area contributed by atoms with Crippen molar-refractivity contribution in [3.05, 3.63) is 24.3 Å². The lowest BCUT2D eigenvalue weighted by molar-refractivity contribution is -0.236. The first-order chi connectivity index (χ1) is 11.5. The van der Waals surface area contributed by atoms with Crippen molar-refractivity contribution in [1.82, 2.24) is 0 Å². The van der Waals surface area contributed by atoms with Gasteiger partial charge in [0.1, 0.15) is 6.10 Å². The van der Waals surface area contributed by atoms with E-state index in [-0.39, 0.29) is 35.4 Å². The van der Waals surface area contributed by atoms with Gasteiger partial charge >= 0.3 is 0 Å². The Balaban J connectivity index is 1.76. The van der Waals surface area contributed by atoms with E-state index in [0.717, 1.165) is 11.1 Å². The van der Waals surface area contributed by atoms with Crippen LogP contribution in [-0.2, 0) is 18.6 Å². The summed E-state index contributed by atoms with van der Waals surface area (Å²) in [6.07, 6.45) is -0.278. The molecule has 0 amide bonds. The van der Waals surface area contributed by atoms with E-state index in [4.69, 9.17) is 18.6 Å². The van der Waals surface area contributed by atoms with Gasteiger partial charge in [-0.05, 0) is 30.6 Å². The maximum atomic E-state index is 6.43. The highest BCUT2D eigenvalue weighted by atomic mass is 28.4. The summed E-state index contributed by atoms with van der Waals surface area (Å²) in [6, 6.07) is 0. The zero-order valence-corrected chi connectivity index (χ0v) is 17.6. The molecule has 0 aromatic carbocycles. The zero-order valence-electron chi connectivity index (χ0n) is 16.6. The molecule has 3 rings (SSSR count). The van der Waals surface area contributed by atoms with Gasteiger partial charge < -0.3 is 18.6 Å². The molecular weight excluding hydrogens is 332 g/mol. The molecule has 3 aliphatic heterocycles. The van der Waals surface area contributed by atoms with Gasteiger partial charge in [0.2, 0.25) is 0 Å². The van der Waals surface area contributed by atoms with E-state index in [1.54, 1.807) is 0 Å². The van der Waals surface area contributed by atoms with Crippen LogP contribution in [0.4, 0.5) is 0 Å². The molecule has 4 nitrogen and oxygen atoms in total. The SMILES string of the molecule is C=C1CO[C@H]2[C@@H]1[C@@H]1[C@@H](OC[C@H]1C(=C)C)O[C@@H]2CO[Si](C)(C)C(C)(C)C. The molecule has 6 atom stereocenters. The van der Waals surface area contributed by atoms with Crippen molar-refractivity contribution in [2.45, 2.75) is 64.3 Å². The van der Waals surface area contributed by atoms with Crippen LogP contribution in [0.3, 0.4) is 0 Å². The molecule has 3 fully saturated rings. The summed E-state index contributed by atoms with van der Waals surface area (Å²) < 4.78 is 24.8. The van der Waals surface area contributed by atoms with Crippen LogP contribution >= 0.6 is 0 Å². The van der Waals surface area contributed by atoms with Crippen LogP contribution in [0.5, 0.6) is 0 Å². The molecule has 5 heteroatoms. The number of rotatable bonds is 4. The van der Waals surface area contributed by atoms with E-state index < -0.39 is 8.32 Å². The van der Waals surface area contributed by atoms with E-state index in [9.17, 15) is 0 Å². The van der Waals surface area contributed by atoms with Gasteiger partial charge in [-0.25, -0.2) is 0 Å². The first-order valence-corrected chi connectivity index (χ1v) is 12.3. The van der Waals surface area contributed by atoms with Gasteiger partial charge in [0.25, 0.3) is 0 Å². The Morgan fingerprint density at radius 3 is 2.56 bits per heavy atom. The van der Waals surface area contributed by atoms with E-state index >= 15 is 0 Å². The second-order valence-electron chi connectivity index (χ2n) is 9.44. The molecule has 25 heavy (non-hydrogen) atoms. The molecule has 0 bridgehead atoms. The summed E-state index contributed by atoms with van der Waals surface area (Å²) in [4.78, 5) is 0. The highest BCUT2D eigenvalue weighted by molar-refractivity contribution is 6.74. The van der Waals surface area contributed by atoms with Crippen molar-refractivity contribution in [3.63, 3.8) is 0 Å². The quantitative estimate of drug-likeness (QED) is 0.553. The molecular formula is C20H34O4Si. The second kappa shape index (κ2) is 6.61. The van der Waals surface area contributed by atoms with Crippen LogP contribution in [0.2, 0.25) is 18.1 Å². The van der Waals surface area contributed by atoms with E-state index in [2.05, 4.69) is 53.9 Å². The van der Waals surface area contributed by atoms with E-state index in [1.165, 1.54) is 0 Å². The molecule has 3 aliphatic rings. The van der Waals surface area contributed by atoms with Crippen LogP contribution in [0, 0.1) is 17.8 Å². The average Bonchev–Trinajstić information content (AvgIpc) is 3.07. The van der Waals surface area contributed by atoms with Gasteiger partial charge in [0, 0.05) is 17.8 Å². The monoisotopic (exact) mass is 366 g/mol. The fourth-order valence-electron chi connectivity index (χ4n) is 3.99. The molecule has 0 N–H and O–H groups in total. The number of hydrogen-bond donors (Lipinski definition) is 0. The molecule has 0 radical (unpaired) electrons. The standard InChI is InChI=1S/C20H34O4Si/c1-12(2)14-10-22-19-17(14)16-13(3)9-21-18(16)15(24-19)11-23-25(7,8)20(4,5)6/h14-19H,1,3,9-11H2,2,4-8H3/t14-,15+,16-,17+,18+,19-/m0/s1. The third-order valence-corrected chi connectivity index (χ3v) is 11.1.